The number of allylic oxidation sites excluding steroid dienone is 1. The minimum absolute atomic E-state index is 0.440. The lowest BCUT2D eigenvalue weighted by atomic mass is 10.2. The van der Waals surface area contributed by atoms with Gasteiger partial charge in [0.15, 0.2) is 0 Å². The fraction of sp³-hybridized carbons (Fsp3) is 0.714. The quantitative estimate of drug-likeness (QED) is 0.461. The van der Waals surface area contributed by atoms with Gasteiger partial charge in [0.1, 0.15) is 0 Å². The Kier molecular flexibility index (Phi) is 5.50. The van der Waals surface area contributed by atoms with Gasteiger partial charge in [-0.3, -0.25) is 0 Å². The highest BCUT2D eigenvalue weighted by Crippen LogP contribution is 2.12. The summed E-state index contributed by atoms with van der Waals surface area (Å²) >= 11 is 8.58. The van der Waals surface area contributed by atoms with E-state index in [1.165, 1.54) is 0 Å². The molecule has 0 bridgehead atoms. The van der Waals surface area contributed by atoms with Crippen LogP contribution in [0.25, 0.3) is 0 Å². The van der Waals surface area contributed by atoms with E-state index in [2.05, 4.69) is 38.8 Å². The zero-order chi connectivity index (χ0) is 7.28. The van der Waals surface area contributed by atoms with Gasteiger partial charge < -0.3 is 0 Å². The summed E-state index contributed by atoms with van der Waals surface area (Å²) in [5.41, 5.74) is 0. The van der Waals surface area contributed by atoms with Crippen LogP contribution in [-0.2, 0) is 0 Å². The second-order valence-corrected chi connectivity index (χ2v) is 3.87. The minimum Gasteiger partial charge on any atom is -0.176 e. The van der Waals surface area contributed by atoms with Crippen LogP contribution in [0, 0.1) is 0 Å². The van der Waals surface area contributed by atoms with E-state index in [1.54, 1.807) is 0 Å². The Labute approximate surface area is 68.5 Å². The Hall–Kier alpha value is 0.440. The van der Waals surface area contributed by atoms with Crippen molar-refractivity contribution in [2.75, 3.05) is 0 Å². The average molecular weight is 162 g/mol. The molecule has 0 saturated heterocycles. The van der Waals surface area contributed by atoms with Crippen LogP contribution in [-0.4, -0.2) is 10.5 Å². The Balaban J connectivity index is 3.25. The largest absolute Gasteiger partial charge is 0.176 e. The lowest BCUT2D eigenvalue weighted by Crippen LogP contribution is -2.03. The third kappa shape index (κ3) is 6.32. The minimum atomic E-state index is 0.440. The summed E-state index contributed by atoms with van der Waals surface area (Å²) in [5.74, 6) is 0. The van der Waals surface area contributed by atoms with E-state index >= 15 is 0 Å². The van der Waals surface area contributed by atoms with Crippen molar-refractivity contribution in [3.8, 4) is 0 Å². The molecule has 0 saturated carbocycles. The van der Waals surface area contributed by atoms with Crippen molar-refractivity contribution in [2.24, 2.45) is 0 Å². The van der Waals surface area contributed by atoms with Crippen molar-refractivity contribution >= 4 is 25.3 Å². The van der Waals surface area contributed by atoms with Crippen molar-refractivity contribution in [1.82, 2.24) is 0 Å². The molecule has 0 aliphatic heterocycles. The molecule has 0 heterocycles. The summed E-state index contributed by atoms with van der Waals surface area (Å²) in [5, 5.41) is 0.891. The third-order valence-electron chi connectivity index (χ3n) is 1.05. The fourth-order valence-electron chi connectivity index (χ4n) is 0.682. The van der Waals surface area contributed by atoms with Crippen LogP contribution in [0.2, 0.25) is 0 Å². The molecule has 0 rings (SSSR count). The third-order valence-corrected chi connectivity index (χ3v) is 1.68. The maximum absolute atomic E-state index is 4.33. The van der Waals surface area contributed by atoms with Gasteiger partial charge in [-0.05, 0) is 18.1 Å². The summed E-state index contributed by atoms with van der Waals surface area (Å²) in [6, 6.07) is 0. The van der Waals surface area contributed by atoms with Crippen LogP contribution < -0.4 is 0 Å². The maximum atomic E-state index is 4.33. The molecule has 9 heavy (non-hydrogen) atoms. The fourth-order valence-corrected chi connectivity index (χ4v) is 1.57. The Morgan fingerprint density at radius 1 is 1.56 bits per heavy atom. The SMILES string of the molecule is C=CCC(S)CC(C)S. The Morgan fingerprint density at radius 3 is 2.44 bits per heavy atom. The van der Waals surface area contributed by atoms with Crippen molar-refractivity contribution < 1.29 is 0 Å². The highest BCUT2D eigenvalue weighted by molar-refractivity contribution is 7.81. The van der Waals surface area contributed by atoms with Gasteiger partial charge in [-0.15, -0.1) is 6.58 Å². The first-order valence-electron chi connectivity index (χ1n) is 3.13. The molecule has 0 radical (unpaired) electrons. The highest BCUT2D eigenvalue weighted by atomic mass is 32.1. The molecule has 0 fully saturated rings. The Morgan fingerprint density at radius 2 is 2.11 bits per heavy atom. The molecule has 0 spiro atoms. The van der Waals surface area contributed by atoms with Crippen LogP contribution in [0.5, 0.6) is 0 Å². The van der Waals surface area contributed by atoms with Gasteiger partial charge in [-0.2, -0.15) is 25.3 Å². The predicted octanol–water partition coefficient (Wildman–Crippen LogP) is 2.57. The molecule has 2 heteroatoms. The van der Waals surface area contributed by atoms with E-state index in [-0.39, 0.29) is 0 Å². The number of thiol groups is 2. The van der Waals surface area contributed by atoms with Crippen molar-refractivity contribution in [1.29, 1.82) is 0 Å². The molecule has 54 valence electrons. The zero-order valence-electron chi connectivity index (χ0n) is 5.75. The topological polar surface area (TPSA) is 0 Å². The van der Waals surface area contributed by atoms with Crippen LogP contribution in [0.3, 0.4) is 0 Å². The maximum Gasteiger partial charge on any atom is 0.00615 e. The number of hydrogen-bond donors (Lipinski definition) is 2. The molecule has 0 aliphatic carbocycles. The summed E-state index contributed by atoms with van der Waals surface area (Å²) < 4.78 is 0. The monoisotopic (exact) mass is 162 g/mol. The van der Waals surface area contributed by atoms with Gasteiger partial charge in [-0.25, -0.2) is 0 Å². The van der Waals surface area contributed by atoms with Gasteiger partial charge in [0.2, 0.25) is 0 Å². The van der Waals surface area contributed by atoms with Gasteiger partial charge in [0, 0.05) is 5.25 Å². The lowest BCUT2D eigenvalue weighted by Gasteiger charge is -2.08. The molecule has 0 amide bonds. The van der Waals surface area contributed by atoms with Crippen molar-refractivity contribution in [2.45, 2.75) is 30.3 Å². The molecule has 0 aliphatic rings. The van der Waals surface area contributed by atoms with E-state index in [0.29, 0.717) is 10.5 Å². The molecule has 0 nitrogen and oxygen atoms in total. The average Bonchev–Trinajstić information content (AvgIpc) is 1.63. The second kappa shape index (κ2) is 5.24. The van der Waals surface area contributed by atoms with Crippen LogP contribution in [0.15, 0.2) is 12.7 Å². The normalized spacial score (nSPS) is 16.8. The standard InChI is InChI=1S/C7H14S2/c1-3-4-7(9)5-6(2)8/h3,6-9H,1,4-5H2,2H3. The van der Waals surface area contributed by atoms with E-state index in [0.717, 1.165) is 12.8 Å². The second-order valence-electron chi connectivity index (χ2n) is 2.26. The van der Waals surface area contributed by atoms with Crippen LogP contribution in [0.4, 0.5) is 0 Å². The zero-order valence-corrected chi connectivity index (χ0v) is 7.54. The first-order valence-corrected chi connectivity index (χ1v) is 4.17. The summed E-state index contributed by atoms with van der Waals surface area (Å²) in [6.45, 7) is 5.71. The summed E-state index contributed by atoms with van der Waals surface area (Å²) in [7, 11) is 0. The highest BCUT2D eigenvalue weighted by Gasteiger charge is 2.02. The number of hydrogen-bond acceptors (Lipinski definition) is 2. The van der Waals surface area contributed by atoms with Gasteiger partial charge in [0.05, 0.1) is 0 Å². The van der Waals surface area contributed by atoms with E-state index in [9.17, 15) is 0 Å². The van der Waals surface area contributed by atoms with Crippen molar-refractivity contribution in [3.63, 3.8) is 0 Å². The Bertz CT molecular complexity index is 79.0. The first kappa shape index (κ1) is 9.44. The van der Waals surface area contributed by atoms with Crippen LogP contribution >= 0.6 is 25.3 Å². The molecule has 0 aromatic heterocycles. The van der Waals surface area contributed by atoms with Gasteiger partial charge in [0.25, 0.3) is 0 Å². The molecular weight excluding hydrogens is 148 g/mol. The molecule has 0 aromatic rings. The van der Waals surface area contributed by atoms with E-state index < -0.39 is 0 Å². The smallest absolute Gasteiger partial charge is 0.00615 e. The molecule has 0 N–H and O–H groups in total. The number of rotatable bonds is 4. The van der Waals surface area contributed by atoms with Crippen molar-refractivity contribution in [3.05, 3.63) is 12.7 Å². The summed E-state index contributed by atoms with van der Waals surface area (Å²) in [4.78, 5) is 0. The molecule has 2 unspecified atom stereocenters. The molecular formula is C7H14S2. The van der Waals surface area contributed by atoms with E-state index in [1.807, 2.05) is 6.08 Å². The molecule has 2 atom stereocenters. The summed E-state index contributed by atoms with van der Waals surface area (Å²) in [6.07, 6.45) is 3.93. The van der Waals surface area contributed by atoms with Gasteiger partial charge in [-0.1, -0.05) is 13.0 Å². The predicted molar refractivity (Wildman–Crippen MR) is 50.7 cm³/mol. The lowest BCUT2D eigenvalue weighted by molar-refractivity contribution is 0.768. The van der Waals surface area contributed by atoms with Crippen LogP contribution in [0.1, 0.15) is 19.8 Å². The van der Waals surface area contributed by atoms with E-state index in [4.69, 9.17) is 0 Å². The molecule has 0 aromatic carbocycles. The van der Waals surface area contributed by atoms with Gasteiger partial charge >= 0.3 is 0 Å². The first-order chi connectivity index (χ1) is 4.16.